The van der Waals surface area contributed by atoms with E-state index in [0.717, 1.165) is 38.5 Å². The molecule has 1 aliphatic carbocycles. The highest BCUT2D eigenvalue weighted by atomic mass is 16.3. The first-order chi connectivity index (χ1) is 11.7. The van der Waals surface area contributed by atoms with Crippen LogP contribution in [0.25, 0.3) is 0 Å². The second kappa shape index (κ2) is 14.9. The Morgan fingerprint density at radius 2 is 1.12 bits per heavy atom. The molecule has 0 radical (unpaired) electrons. The highest BCUT2D eigenvalue weighted by molar-refractivity contribution is 5.81. The maximum Gasteiger partial charge on any atom is 0.135 e. The van der Waals surface area contributed by atoms with Gasteiger partial charge in [-0.25, -0.2) is 0 Å². The Balaban J connectivity index is 1.79. The number of carbonyl (C=O) groups excluding carboxylic acids is 1. The molecule has 1 fully saturated rings. The summed E-state index contributed by atoms with van der Waals surface area (Å²) in [6.07, 6.45) is 21.7. The number of hydrogen-bond donors (Lipinski definition) is 1. The molecule has 24 heavy (non-hydrogen) atoms. The molecular weight excluding hydrogens is 296 g/mol. The Hall–Kier alpha value is -0.370. The third-order valence-electron chi connectivity index (χ3n) is 5.68. The van der Waals surface area contributed by atoms with Crippen LogP contribution in [0.4, 0.5) is 0 Å². The number of unbranched alkanes of at least 4 members (excludes halogenated alkanes) is 12. The maximum absolute atomic E-state index is 12.1. The first kappa shape index (κ1) is 21.7. The van der Waals surface area contributed by atoms with Gasteiger partial charge in [-0.2, -0.15) is 0 Å². The number of Topliss-reactive ketones (excluding diaryl/α,β-unsaturated/α-hetero) is 1. The van der Waals surface area contributed by atoms with Gasteiger partial charge in [0.2, 0.25) is 0 Å². The van der Waals surface area contributed by atoms with Crippen molar-refractivity contribution in [2.45, 2.75) is 129 Å². The molecule has 142 valence electrons. The Kier molecular flexibility index (Phi) is 13.5. The third-order valence-corrected chi connectivity index (χ3v) is 5.68. The van der Waals surface area contributed by atoms with Gasteiger partial charge in [0, 0.05) is 12.3 Å². The van der Waals surface area contributed by atoms with Crippen LogP contribution in [0.1, 0.15) is 122 Å². The summed E-state index contributed by atoms with van der Waals surface area (Å²) in [5, 5.41) is 9.50. The first-order valence-corrected chi connectivity index (χ1v) is 10.9. The summed E-state index contributed by atoms with van der Waals surface area (Å²) in [5.41, 5.74) is 0. The Bertz CT molecular complexity index is 292. The molecule has 0 aliphatic heterocycles. The molecule has 0 aromatic heterocycles. The van der Waals surface area contributed by atoms with E-state index in [1.54, 1.807) is 0 Å². The molecule has 1 N–H and O–H groups in total. The van der Waals surface area contributed by atoms with Crippen LogP contribution in [-0.4, -0.2) is 17.0 Å². The summed E-state index contributed by atoms with van der Waals surface area (Å²) in [6.45, 7) is 2.27. The number of hydrogen-bond acceptors (Lipinski definition) is 2. The van der Waals surface area contributed by atoms with Gasteiger partial charge in [0.05, 0.1) is 6.10 Å². The van der Waals surface area contributed by atoms with Crippen LogP contribution >= 0.6 is 0 Å². The second-order valence-corrected chi connectivity index (χ2v) is 7.96. The SMILES string of the molecule is CCCCCCCCCCCCCCCC(=O)C1CCC(O)CC1. The topological polar surface area (TPSA) is 37.3 Å². The predicted octanol–water partition coefficient (Wildman–Crippen LogP) is 6.59. The largest absolute Gasteiger partial charge is 0.393 e. The lowest BCUT2D eigenvalue weighted by molar-refractivity contribution is -0.124. The molecular formula is C22H42O2. The van der Waals surface area contributed by atoms with E-state index in [-0.39, 0.29) is 12.0 Å². The molecule has 0 aromatic carbocycles. The van der Waals surface area contributed by atoms with Crippen molar-refractivity contribution in [3.8, 4) is 0 Å². The quantitative estimate of drug-likeness (QED) is 0.342. The summed E-state index contributed by atoms with van der Waals surface area (Å²) in [7, 11) is 0. The molecule has 0 unspecified atom stereocenters. The van der Waals surface area contributed by atoms with E-state index in [4.69, 9.17) is 0 Å². The minimum Gasteiger partial charge on any atom is -0.393 e. The average molecular weight is 339 g/mol. The van der Waals surface area contributed by atoms with Crippen molar-refractivity contribution in [2.24, 2.45) is 5.92 Å². The molecule has 0 amide bonds. The molecule has 0 atom stereocenters. The Morgan fingerprint density at radius 1 is 0.708 bits per heavy atom. The zero-order valence-electron chi connectivity index (χ0n) is 16.2. The van der Waals surface area contributed by atoms with Crippen molar-refractivity contribution >= 4 is 5.78 Å². The molecule has 0 saturated heterocycles. The van der Waals surface area contributed by atoms with E-state index in [1.165, 1.54) is 77.0 Å². The fourth-order valence-electron chi connectivity index (χ4n) is 3.92. The Labute approximate surface area is 150 Å². The smallest absolute Gasteiger partial charge is 0.135 e. The van der Waals surface area contributed by atoms with Crippen molar-refractivity contribution in [1.29, 1.82) is 0 Å². The number of aliphatic hydroxyl groups excluding tert-OH is 1. The number of aliphatic hydroxyl groups is 1. The monoisotopic (exact) mass is 338 g/mol. The van der Waals surface area contributed by atoms with E-state index in [9.17, 15) is 9.90 Å². The van der Waals surface area contributed by atoms with Gasteiger partial charge >= 0.3 is 0 Å². The molecule has 2 nitrogen and oxygen atoms in total. The summed E-state index contributed by atoms with van der Waals surface area (Å²) >= 11 is 0. The Morgan fingerprint density at radius 3 is 1.58 bits per heavy atom. The lowest BCUT2D eigenvalue weighted by Gasteiger charge is -2.24. The minimum absolute atomic E-state index is 0.148. The zero-order chi connectivity index (χ0) is 17.5. The molecule has 0 bridgehead atoms. The van der Waals surface area contributed by atoms with Gasteiger partial charge in [-0.15, -0.1) is 0 Å². The second-order valence-electron chi connectivity index (χ2n) is 7.96. The van der Waals surface area contributed by atoms with Gasteiger partial charge in [-0.3, -0.25) is 4.79 Å². The van der Waals surface area contributed by atoms with Crippen LogP contribution in [0.5, 0.6) is 0 Å². The molecule has 1 saturated carbocycles. The van der Waals surface area contributed by atoms with Gasteiger partial charge in [-0.05, 0) is 32.1 Å². The van der Waals surface area contributed by atoms with Crippen molar-refractivity contribution in [2.75, 3.05) is 0 Å². The van der Waals surface area contributed by atoms with Crippen molar-refractivity contribution in [3.05, 3.63) is 0 Å². The van der Waals surface area contributed by atoms with E-state index in [2.05, 4.69) is 6.92 Å². The van der Waals surface area contributed by atoms with Crippen LogP contribution in [0.2, 0.25) is 0 Å². The van der Waals surface area contributed by atoms with Crippen LogP contribution in [0.3, 0.4) is 0 Å². The van der Waals surface area contributed by atoms with Gasteiger partial charge in [-0.1, -0.05) is 84.0 Å². The lowest BCUT2D eigenvalue weighted by atomic mass is 9.83. The average Bonchev–Trinajstić information content (AvgIpc) is 2.59. The van der Waals surface area contributed by atoms with Crippen LogP contribution in [-0.2, 0) is 4.79 Å². The van der Waals surface area contributed by atoms with E-state index in [0.29, 0.717) is 5.78 Å². The minimum atomic E-state index is -0.148. The van der Waals surface area contributed by atoms with E-state index >= 15 is 0 Å². The molecule has 1 aliphatic rings. The van der Waals surface area contributed by atoms with Crippen LogP contribution in [0.15, 0.2) is 0 Å². The van der Waals surface area contributed by atoms with Crippen molar-refractivity contribution in [3.63, 3.8) is 0 Å². The fraction of sp³-hybridized carbons (Fsp3) is 0.955. The van der Waals surface area contributed by atoms with Crippen LogP contribution in [0, 0.1) is 5.92 Å². The molecule has 0 heterocycles. The fourth-order valence-corrected chi connectivity index (χ4v) is 3.92. The summed E-state index contributed by atoms with van der Waals surface area (Å²) in [5.74, 6) is 0.718. The van der Waals surface area contributed by atoms with Gasteiger partial charge < -0.3 is 5.11 Å². The number of ketones is 1. The number of rotatable bonds is 15. The third kappa shape index (κ3) is 11.2. The van der Waals surface area contributed by atoms with Gasteiger partial charge in [0.15, 0.2) is 0 Å². The summed E-state index contributed by atoms with van der Waals surface area (Å²) in [4.78, 5) is 12.1. The first-order valence-electron chi connectivity index (χ1n) is 10.9. The molecule has 1 rings (SSSR count). The standard InChI is InChI=1S/C22H42O2/c1-2-3-4-5-6-7-8-9-10-11-12-13-14-15-22(24)20-16-18-21(23)19-17-20/h20-21,23H,2-19H2,1H3. The number of carbonyl (C=O) groups is 1. The van der Waals surface area contributed by atoms with E-state index < -0.39 is 0 Å². The van der Waals surface area contributed by atoms with Crippen molar-refractivity contribution < 1.29 is 9.90 Å². The van der Waals surface area contributed by atoms with Crippen LogP contribution < -0.4 is 0 Å². The summed E-state index contributed by atoms with van der Waals surface area (Å²) in [6, 6.07) is 0. The highest BCUT2D eigenvalue weighted by Crippen LogP contribution is 2.26. The molecule has 2 heteroatoms. The van der Waals surface area contributed by atoms with E-state index in [1.807, 2.05) is 0 Å². The predicted molar refractivity (Wildman–Crippen MR) is 103 cm³/mol. The normalized spacial score (nSPS) is 21.1. The van der Waals surface area contributed by atoms with Crippen molar-refractivity contribution in [1.82, 2.24) is 0 Å². The maximum atomic E-state index is 12.1. The van der Waals surface area contributed by atoms with Gasteiger partial charge in [0.1, 0.15) is 5.78 Å². The van der Waals surface area contributed by atoms with Gasteiger partial charge in [0.25, 0.3) is 0 Å². The highest BCUT2D eigenvalue weighted by Gasteiger charge is 2.24. The molecule has 0 aromatic rings. The lowest BCUT2D eigenvalue weighted by Crippen LogP contribution is -2.24. The molecule has 0 spiro atoms. The summed E-state index contributed by atoms with van der Waals surface area (Å²) < 4.78 is 0. The zero-order valence-corrected chi connectivity index (χ0v) is 16.2.